The van der Waals surface area contributed by atoms with E-state index in [0.29, 0.717) is 0 Å². The quantitative estimate of drug-likeness (QED) is 0.192. The van der Waals surface area contributed by atoms with Gasteiger partial charge in [0.15, 0.2) is 0 Å². The van der Waals surface area contributed by atoms with Gasteiger partial charge in [-0.2, -0.15) is 12.1 Å². The minimum absolute atomic E-state index is 0.264. The Morgan fingerprint density at radius 3 is 2.52 bits per heavy atom. The van der Waals surface area contributed by atoms with Gasteiger partial charge < -0.3 is 0 Å². The van der Waals surface area contributed by atoms with Crippen LogP contribution in [-0.2, 0) is 29.9 Å². The Morgan fingerprint density at radius 2 is 1.79 bits per heavy atom. The fourth-order valence-electron chi connectivity index (χ4n) is 4.23. The first-order chi connectivity index (χ1) is 14.3. The first-order valence-corrected chi connectivity index (χ1v) is 15.4. The molecular formula is C25H21Cl2PTi-2. The summed E-state index contributed by atoms with van der Waals surface area (Å²) in [5.74, 6) is 0. The normalized spacial score (nSPS) is 14.3. The maximum Gasteiger partial charge on any atom is 0.00467 e. The van der Waals surface area contributed by atoms with Crippen molar-refractivity contribution in [2.75, 3.05) is 0 Å². The second-order valence-electron chi connectivity index (χ2n) is 7.05. The van der Waals surface area contributed by atoms with Gasteiger partial charge in [-0.25, -0.2) is 12.2 Å². The first kappa shape index (κ1) is 21.1. The van der Waals surface area contributed by atoms with Crippen molar-refractivity contribution in [3.63, 3.8) is 0 Å². The summed E-state index contributed by atoms with van der Waals surface area (Å²) in [7, 11) is 9.51. The molecule has 0 spiro atoms. The van der Waals surface area contributed by atoms with Crippen LogP contribution < -0.4 is 0 Å². The molecule has 0 N–H and O–H groups in total. The summed E-state index contributed by atoms with van der Waals surface area (Å²) in [6.07, 6.45) is 13.9. The van der Waals surface area contributed by atoms with Gasteiger partial charge in [0.2, 0.25) is 0 Å². The predicted octanol–water partition coefficient (Wildman–Crippen LogP) is 8.86. The molecule has 1 aromatic heterocycles. The summed E-state index contributed by atoms with van der Waals surface area (Å²) in [6.45, 7) is 0. The molecule has 1 unspecified atom stereocenters. The summed E-state index contributed by atoms with van der Waals surface area (Å²) in [4.78, 5) is 0. The molecule has 0 fully saturated rings. The van der Waals surface area contributed by atoms with Gasteiger partial charge in [-0.05, 0) is 35.5 Å². The molecule has 0 saturated heterocycles. The van der Waals surface area contributed by atoms with Crippen molar-refractivity contribution >= 4 is 47.4 Å². The second kappa shape index (κ2) is 10.3. The molecule has 4 heteroatoms. The molecule has 3 aromatic carbocycles. The van der Waals surface area contributed by atoms with Gasteiger partial charge in [0, 0.05) is 5.12 Å². The van der Waals surface area contributed by atoms with Gasteiger partial charge >= 0.3 is 35.6 Å². The van der Waals surface area contributed by atoms with Crippen molar-refractivity contribution < 1.29 is 17.0 Å². The van der Waals surface area contributed by atoms with Crippen LogP contribution in [0.15, 0.2) is 78.9 Å². The molecule has 2 aliphatic rings. The topological polar surface area (TPSA) is 0 Å². The number of rotatable bonds is 1. The molecule has 0 bridgehead atoms. The van der Waals surface area contributed by atoms with Gasteiger partial charge in [0.05, 0.1) is 0 Å². The number of fused-ring (bicyclic) bond motifs is 4. The molecule has 0 amide bonds. The van der Waals surface area contributed by atoms with Crippen molar-refractivity contribution in [2.45, 2.75) is 25.7 Å². The number of hydrogen-bond donors (Lipinski definition) is 0. The van der Waals surface area contributed by atoms with Crippen LogP contribution in [0.25, 0.3) is 26.6 Å². The second-order valence-corrected chi connectivity index (χ2v) is 11.8. The Kier molecular flexibility index (Phi) is 7.46. The van der Waals surface area contributed by atoms with E-state index in [1.54, 1.807) is 26.7 Å². The van der Waals surface area contributed by atoms with Gasteiger partial charge in [0.1, 0.15) is 0 Å². The molecule has 0 nitrogen and oxygen atoms in total. The number of halogens is 2. The fourth-order valence-corrected chi connectivity index (χ4v) is 7.22. The molecule has 2 aliphatic carbocycles. The van der Waals surface area contributed by atoms with Gasteiger partial charge in [-0.3, -0.25) is 6.08 Å². The third kappa shape index (κ3) is 4.63. The molecule has 0 saturated carbocycles. The van der Waals surface area contributed by atoms with Crippen LogP contribution in [0.5, 0.6) is 0 Å². The predicted molar refractivity (Wildman–Crippen MR) is 126 cm³/mol. The zero-order valence-electron chi connectivity index (χ0n) is 16.0. The monoisotopic (exact) mass is 470 g/mol. The molecule has 146 valence electrons. The van der Waals surface area contributed by atoms with Crippen LogP contribution in [0.4, 0.5) is 0 Å². The van der Waals surface area contributed by atoms with E-state index >= 15 is 0 Å². The van der Waals surface area contributed by atoms with E-state index in [1.807, 2.05) is 12.2 Å². The molecule has 1 heterocycles. The SMILES string of the molecule is [C-]1=CC=CC1.[Cl][Ti][Cl].c1ccc2[cH-]c(-p3c4c(c5ccccc53)CCC4)cc2c1. The van der Waals surface area contributed by atoms with Gasteiger partial charge in [0.25, 0.3) is 0 Å². The van der Waals surface area contributed by atoms with Crippen molar-refractivity contribution in [1.29, 1.82) is 0 Å². The first-order valence-electron chi connectivity index (χ1n) is 9.78. The Hall–Kier alpha value is -1.14. The molecule has 29 heavy (non-hydrogen) atoms. The molecule has 1 atom stereocenters. The van der Waals surface area contributed by atoms with Gasteiger partial charge in [-0.15, -0.1) is 49.0 Å². The van der Waals surface area contributed by atoms with Gasteiger partial charge in [-0.1, -0.05) is 35.6 Å². The Bertz CT molecular complexity index is 1120. The third-order valence-corrected chi connectivity index (χ3v) is 8.06. The van der Waals surface area contributed by atoms with Crippen LogP contribution in [0.3, 0.4) is 0 Å². The van der Waals surface area contributed by atoms with E-state index < -0.39 is 17.0 Å². The Morgan fingerprint density at radius 1 is 1.00 bits per heavy atom. The smallest absolute Gasteiger partial charge is 0.00467 e. The number of allylic oxidation sites excluding steroid dienone is 4. The number of benzene rings is 2. The summed E-state index contributed by atoms with van der Waals surface area (Å²) < 4.78 is 0. The molecule has 0 radical (unpaired) electrons. The van der Waals surface area contributed by atoms with Crippen LogP contribution in [-0.4, -0.2) is 0 Å². The zero-order valence-corrected chi connectivity index (χ0v) is 20.0. The maximum atomic E-state index is 4.89. The van der Waals surface area contributed by atoms with Crippen molar-refractivity contribution in [2.24, 2.45) is 0 Å². The molecule has 4 aromatic rings. The maximum absolute atomic E-state index is 4.89. The van der Waals surface area contributed by atoms with Crippen LogP contribution >= 0.6 is 26.1 Å². The van der Waals surface area contributed by atoms with Crippen LogP contribution in [0.2, 0.25) is 0 Å². The summed E-state index contributed by atoms with van der Waals surface area (Å²) in [5, 5.41) is 9.21. The van der Waals surface area contributed by atoms with E-state index in [4.69, 9.17) is 18.6 Å². The summed E-state index contributed by atoms with van der Waals surface area (Å²) in [5.41, 5.74) is 1.67. The minimum atomic E-state index is -0.556. The zero-order chi connectivity index (χ0) is 20.1. The molecular weight excluding hydrogens is 450 g/mol. The third-order valence-electron chi connectivity index (χ3n) is 5.38. The average Bonchev–Trinajstić information content (AvgIpc) is 3.53. The van der Waals surface area contributed by atoms with E-state index in [2.05, 4.69) is 72.8 Å². The van der Waals surface area contributed by atoms with E-state index in [-0.39, 0.29) is 7.53 Å². The summed E-state index contributed by atoms with van der Waals surface area (Å²) in [6, 6.07) is 22.7. The van der Waals surface area contributed by atoms with Crippen LogP contribution in [0.1, 0.15) is 23.7 Å². The summed E-state index contributed by atoms with van der Waals surface area (Å²) >= 11 is -0.556. The molecule has 0 aliphatic heterocycles. The average molecular weight is 471 g/mol. The van der Waals surface area contributed by atoms with E-state index in [9.17, 15) is 0 Å². The van der Waals surface area contributed by atoms with E-state index in [0.717, 1.165) is 6.42 Å². The van der Waals surface area contributed by atoms with Crippen molar-refractivity contribution in [3.8, 4) is 5.30 Å². The largest absolute Gasteiger partial charge is 0.157 e. The number of hydrogen-bond acceptors (Lipinski definition) is 0. The Labute approximate surface area is 190 Å². The molecule has 6 rings (SSSR count). The van der Waals surface area contributed by atoms with Crippen molar-refractivity contribution in [1.82, 2.24) is 0 Å². The van der Waals surface area contributed by atoms with Crippen LogP contribution in [0, 0.1) is 6.08 Å². The minimum Gasteiger partial charge on any atom is -0.157 e. The van der Waals surface area contributed by atoms with Crippen molar-refractivity contribution in [3.05, 3.63) is 95.8 Å². The Balaban J connectivity index is 0.000000218. The van der Waals surface area contributed by atoms with E-state index in [1.165, 1.54) is 30.0 Å². The number of aryl methyl sites for hydroxylation is 1. The standard InChI is InChI=1S/C20H16P.C5H5.2ClH.Ti/c1-2-7-15-13-16(12-14(15)6-1)21-19-10-4-3-8-17(19)18-9-5-11-20(18)21;1-2-4-5-3-1;;;/h1-4,6-8,10,12-13H,5,9,11H2;1-3H,4H2;2*1H;/q2*-1;;;+2/p-2. The fraction of sp³-hybridized carbons (Fsp3) is 0.160.